The molecule has 0 aromatic heterocycles. The Hall–Kier alpha value is -0.660. The van der Waals surface area contributed by atoms with Gasteiger partial charge in [-0.2, -0.15) is 17.0 Å². The summed E-state index contributed by atoms with van der Waals surface area (Å²) in [6.07, 6.45) is 3.03. The first-order chi connectivity index (χ1) is 11.0. The highest BCUT2D eigenvalue weighted by molar-refractivity contribution is 7.86. The van der Waals surface area contributed by atoms with Gasteiger partial charge >= 0.3 is 0 Å². The zero-order chi connectivity index (χ0) is 16.4. The van der Waals surface area contributed by atoms with Crippen LogP contribution >= 0.6 is 12.4 Å². The number of nitrogens with zero attached hydrogens (tertiary/aromatic N) is 2. The van der Waals surface area contributed by atoms with E-state index in [1.807, 2.05) is 25.1 Å². The topological polar surface area (TPSA) is 66.6 Å². The maximum atomic E-state index is 13.0. The van der Waals surface area contributed by atoms with Crippen molar-refractivity contribution in [2.75, 3.05) is 26.2 Å². The third kappa shape index (κ3) is 3.78. The molecule has 0 amide bonds. The van der Waals surface area contributed by atoms with Crippen molar-refractivity contribution in [3.8, 4) is 0 Å². The molecular weight excluding hydrogens is 346 g/mol. The zero-order valence-electron chi connectivity index (χ0n) is 14.2. The number of hydrogen-bond acceptors (Lipinski definition) is 3. The van der Waals surface area contributed by atoms with Gasteiger partial charge in [-0.3, -0.25) is 0 Å². The summed E-state index contributed by atoms with van der Waals surface area (Å²) in [5.41, 5.74) is 7.13. The molecule has 0 radical (unpaired) electrons. The minimum atomic E-state index is -3.38. The molecule has 2 saturated heterocycles. The fourth-order valence-electron chi connectivity index (χ4n) is 3.90. The fourth-order valence-corrected chi connectivity index (χ4v) is 5.85. The van der Waals surface area contributed by atoms with Gasteiger partial charge in [-0.15, -0.1) is 12.4 Å². The number of halogens is 1. The Kier molecular flexibility index (Phi) is 6.67. The van der Waals surface area contributed by atoms with Crippen LogP contribution in [0.4, 0.5) is 0 Å². The average molecular weight is 374 g/mol. The third-order valence-corrected chi connectivity index (χ3v) is 7.39. The number of hydrogen-bond donors (Lipinski definition) is 1. The summed E-state index contributed by atoms with van der Waals surface area (Å²) in [6.45, 7) is 4.24. The lowest BCUT2D eigenvalue weighted by atomic mass is 9.89. The Labute approximate surface area is 151 Å². The predicted molar refractivity (Wildman–Crippen MR) is 99.5 cm³/mol. The Morgan fingerprint density at radius 2 is 1.88 bits per heavy atom. The van der Waals surface area contributed by atoms with E-state index >= 15 is 0 Å². The van der Waals surface area contributed by atoms with Crippen molar-refractivity contribution in [3.63, 3.8) is 0 Å². The van der Waals surface area contributed by atoms with Crippen LogP contribution in [0.15, 0.2) is 30.3 Å². The van der Waals surface area contributed by atoms with E-state index in [2.05, 4.69) is 12.1 Å². The second kappa shape index (κ2) is 8.15. The minimum absolute atomic E-state index is 0. The summed E-state index contributed by atoms with van der Waals surface area (Å²) in [7, 11) is -3.38. The Bertz CT molecular complexity index is 626. The summed E-state index contributed by atoms with van der Waals surface area (Å²) in [5.74, 6) is 0.378. The number of benzene rings is 1. The minimum Gasteiger partial charge on any atom is -0.330 e. The SMILES string of the molecule is CC1CCCCN1S(=O)(=O)N1C[C@@H](CN)[C@H](c2ccccc2)C1.Cl. The van der Waals surface area contributed by atoms with E-state index < -0.39 is 10.2 Å². The molecule has 136 valence electrons. The lowest BCUT2D eigenvalue weighted by Gasteiger charge is -2.35. The van der Waals surface area contributed by atoms with Crippen LogP contribution in [0.25, 0.3) is 0 Å². The van der Waals surface area contributed by atoms with Crippen molar-refractivity contribution in [2.24, 2.45) is 11.7 Å². The zero-order valence-corrected chi connectivity index (χ0v) is 15.8. The van der Waals surface area contributed by atoms with Crippen LogP contribution in [0.5, 0.6) is 0 Å². The second-order valence-electron chi connectivity index (χ2n) is 6.79. The first kappa shape index (κ1) is 19.7. The van der Waals surface area contributed by atoms with E-state index in [0.717, 1.165) is 19.3 Å². The van der Waals surface area contributed by atoms with Crippen LogP contribution in [0.2, 0.25) is 0 Å². The molecule has 7 heteroatoms. The van der Waals surface area contributed by atoms with Crippen molar-refractivity contribution in [2.45, 2.75) is 38.1 Å². The molecule has 2 fully saturated rings. The fraction of sp³-hybridized carbons (Fsp3) is 0.647. The Balaban J connectivity index is 0.00000208. The van der Waals surface area contributed by atoms with E-state index in [-0.39, 0.29) is 30.3 Å². The molecular formula is C17H28ClN3O2S. The molecule has 1 aromatic carbocycles. The highest BCUT2D eigenvalue weighted by Crippen LogP contribution is 2.35. The molecule has 2 heterocycles. The molecule has 0 bridgehead atoms. The van der Waals surface area contributed by atoms with Gasteiger partial charge < -0.3 is 5.73 Å². The molecule has 24 heavy (non-hydrogen) atoms. The molecule has 3 rings (SSSR count). The van der Waals surface area contributed by atoms with Gasteiger partial charge in [0.1, 0.15) is 0 Å². The third-order valence-electron chi connectivity index (χ3n) is 5.30. The van der Waals surface area contributed by atoms with Gasteiger partial charge in [-0.1, -0.05) is 36.8 Å². The van der Waals surface area contributed by atoms with Crippen molar-refractivity contribution in [1.29, 1.82) is 0 Å². The molecule has 2 aliphatic heterocycles. The molecule has 1 aromatic rings. The number of nitrogens with two attached hydrogens (primary N) is 1. The first-order valence-electron chi connectivity index (χ1n) is 8.56. The highest BCUT2D eigenvalue weighted by atomic mass is 35.5. The largest absolute Gasteiger partial charge is 0.330 e. The quantitative estimate of drug-likeness (QED) is 0.879. The van der Waals surface area contributed by atoms with E-state index in [4.69, 9.17) is 5.73 Å². The average Bonchev–Trinajstić information content (AvgIpc) is 3.01. The molecule has 1 unspecified atom stereocenters. The van der Waals surface area contributed by atoms with Gasteiger partial charge in [0.2, 0.25) is 0 Å². The summed E-state index contributed by atoms with van der Waals surface area (Å²) in [5, 5.41) is 0. The first-order valence-corrected chi connectivity index (χ1v) is 9.95. The lowest BCUT2D eigenvalue weighted by Crippen LogP contribution is -2.49. The molecule has 0 spiro atoms. The van der Waals surface area contributed by atoms with Crippen molar-refractivity contribution in [1.82, 2.24) is 8.61 Å². The van der Waals surface area contributed by atoms with E-state index in [1.165, 1.54) is 5.56 Å². The molecule has 0 aliphatic carbocycles. The standard InChI is InChI=1S/C17H27N3O2S.ClH/c1-14-7-5-6-10-20(14)23(21,22)19-12-16(11-18)17(13-19)15-8-3-2-4-9-15;/h2-4,8-9,14,16-17H,5-7,10-13,18H2,1H3;1H/t14?,16-,17+;/m1./s1. The normalized spacial score (nSPS) is 29.3. The van der Waals surface area contributed by atoms with Crippen LogP contribution in [-0.4, -0.2) is 49.2 Å². The van der Waals surface area contributed by atoms with Gasteiger partial charge in [-0.25, -0.2) is 0 Å². The summed E-state index contributed by atoms with van der Waals surface area (Å²) < 4.78 is 29.4. The van der Waals surface area contributed by atoms with Crippen LogP contribution in [0.3, 0.4) is 0 Å². The van der Waals surface area contributed by atoms with Crippen LogP contribution in [-0.2, 0) is 10.2 Å². The molecule has 0 saturated carbocycles. The van der Waals surface area contributed by atoms with Crippen LogP contribution in [0.1, 0.15) is 37.7 Å². The smallest absolute Gasteiger partial charge is 0.282 e. The Morgan fingerprint density at radius 3 is 2.50 bits per heavy atom. The second-order valence-corrected chi connectivity index (χ2v) is 8.67. The summed E-state index contributed by atoms with van der Waals surface area (Å²) in [6, 6.07) is 10.3. The van der Waals surface area contributed by atoms with E-state index in [0.29, 0.717) is 26.2 Å². The van der Waals surface area contributed by atoms with Crippen molar-refractivity contribution >= 4 is 22.6 Å². The number of piperidine rings is 1. The van der Waals surface area contributed by atoms with Crippen molar-refractivity contribution in [3.05, 3.63) is 35.9 Å². The monoisotopic (exact) mass is 373 g/mol. The van der Waals surface area contributed by atoms with E-state index in [9.17, 15) is 8.42 Å². The summed E-state index contributed by atoms with van der Waals surface area (Å²) >= 11 is 0. The van der Waals surface area contributed by atoms with E-state index in [1.54, 1.807) is 8.61 Å². The number of rotatable bonds is 4. The predicted octanol–water partition coefficient (Wildman–Crippen LogP) is 2.20. The maximum absolute atomic E-state index is 13.0. The van der Waals surface area contributed by atoms with Gasteiger partial charge in [-0.05, 0) is 37.8 Å². The van der Waals surface area contributed by atoms with Gasteiger partial charge in [0.25, 0.3) is 10.2 Å². The molecule has 3 atom stereocenters. The molecule has 5 nitrogen and oxygen atoms in total. The van der Waals surface area contributed by atoms with Gasteiger partial charge in [0.15, 0.2) is 0 Å². The van der Waals surface area contributed by atoms with Crippen LogP contribution in [0, 0.1) is 5.92 Å². The van der Waals surface area contributed by atoms with Crippen molar-refractivity contribution < 1.29 is 8.42 Å². The van der Waals surface area contributed by atoms with Gasteiger partial charge in [0.05, 0.1) is 0 Å². The Morgan fingerprint density at radius 1 is 1.17 bits per heavy atom. The molecule has 2 aliphatic rings. The molecule has 2 N–H and O–H groups in total. The van der Waals surface area contributed by atoms with Crippen LogP contribution < -0.4 is 5.73 Å². The van der Waals surface area contributed by atoms with Gasteiger partial charge in [0, 0.05) is 31.6 Å². The highest BCUT2D eigenvalue weighted by Gasteiger charge is 2.42. The summed E-state index contributed by atoms with van der Waals surface area (Å²) in [4.78, 5) is 0. The maximum Gasteiger partial charge on any atom is 0.282 e. The lowest BCUT2D eigenvalue weighted by molar-refractivity contribution is 0.249.